The number of aliphatic hydroxyl groups is 1. The van der Waals surface area contributed by atoms with E-state index in [-0.39, 0.29) is 6.10 Å². The molecule has 1 aliphatic rings. The summed E-state index contributed by atoms with van der Waals surface area (Å²) in [5.41, 5.74) is 2.55. The molecule has 0 saturated heterocycles. The van der Waals surface area contributed by atoms with Gasteiger partial charge in [-0.15, -0.1) is 0 Å². The van der Waals surface area contributed by atoms with Crippen molar-refractivity contribution in [1.29, 1.82) is 0 Å². The van der Waals surface area contributed by atoms with E-state index in [9.17, 15) is 5.11 Å². The Labute approximate surface area is 110 Å². The fraction of sp³-hybridized carbons (Fsp3) is 0.800. The van der Waals surface area contributed by atoms with Crippen molar-refractivity contribution in [2.45, 2.75) is 77.4 Å². The molecule has 2 rings (SSSR count). The lowest BCUT2D eigenvalue weighted by molar-refractivity contribution is 0.107. The van der Waals surface area contributed by atoms with Gasteiger partial charge in [-0.05, 0) is 43.6 Å². The molecule has 1 aliphatic carbocycles. The second-order valence-electron chi connectivity index (χ2n) is 6.21. The van der Waals surface area contributed by atoms with Crippen LogP contribution in [0.5, 0.6) is 0 Å². The molecule has 0 amide bonds. The highest BCUT2D eigenvalue weighted by Gasteiger charge is 2.24. The number of aliphatic hydroxyl groups excluding tert-OH is 1. The zero-order valence-electron chi connectivity index (χ0n) is 12.1. The molecule has 1 aromatic rings. The summed E-state index contributed by atoms with van der Waals surface area (Å²) in [7, 11) is 0. The minimum Gasteiger partial charge on any atom is -0.393 e. The van der Waals surface area contributed by atoms with Gasteiger partial charge in [-0.1, -0.05) is 27.7 Å². The second-order valence-corrected chi connectivity index (χ2v) is 6.21. The van der Waals surface area contributed by atoms with Gasteiger partial charge >= 0.3 is 0 Å². The first kappa shape index (κ1) is 13.6. The molecule has 0 aromatic carbocycles. The molecule has 1 saturated carbocycles. The molecule has 0 bridgehead atoms. The summed E-state index contributed by atoms with van der Waals surface area (Å²) in [6.07, 6.45) is 3.85. The van der Waals surface area contributed by atoms with Gasteiger partial charge in [-0.25, -0.2) is 0 Å². The molecule has 0 aliphatic heterocycles. The Morgan fingerprint density at radius 2 is 1.72 bits per heavy atom. The lowest BCUT2D eigenvalue weighted by atomic mass is 9.93. The molecule has 18 heavy (non-hydrogen) atoms. The van der Waals surface area contributed by atoms with Crippen LogP contribution in [0.1, 0.15) is 82.6 Å². The standard InChI is InChI=1S/C15H26N2O/c1-10(2)14-9-15(11(3)4)17(16-14)12-5-7-13(18)8-6-12/h9-13,18H,5-8H2,1-4H3/t12-,13+. The summed E-state index contributed by atoms with van der Waals surface area (Å²) in [4.78, 5) is 0. The van der Waals surface area contributed by atoms with Gasteiger partial charge < -0.3 is 5.11 Å². The van der Waals surface area contributed by atoms with Crippen LogP contribution in [0.3, 0.4) is 0 Å². The Kier molecular flexibility index (Phi) is 4.10. The van der Waals surface area contributed by atoms with Crippen LogP contribution in [0.15, 0.2) is 6.07 Å². The molecule has 3 nitrogen and oxygen atoms in total. The topological polar surface area (TPSA) is 38.0 Å². The Hall–Kier alpha value is -0.830. The average molecular weight is 250 g/mol. The Bertz CT molecular complexity index is 387. The summed E-state index contributed by atoms with van der Waals surface area (Å²) in [6.45, 7) is 8.85. The van der Waals surface area contributed by atoms with Gasteiger partial charge in [-0.3, -0.25) is 4.68 Å². The Morgan fingerprint density at radius 3 is 2.22 bits per heavy atom. The third-order valence-electron chi connectivity index (χ3n) is 3.98. The van der Waals surface area contributed by atoms with E-state index in [0.29, 0.717) is 17.9 Å². The summed E-state index contributed by atoms with van der Waals surface area (Å²) in [5.74, 6) is 0.995. The molecule has 102 valence electrons. The molecule has 1 aromatic heterocycles. The SMILES string of the molecule is CC(C)c1cc(C(C)C)n([C@H]2CC[C@@H](O)CC2)n1. The van der Waals surface area contributed by atoms with E-state index >= 15 is 0 Å². The van der Waals surface area contributed by atoms with Crippen molar-refractivity contribution in [3.63, 3.8) is 0 Å². The van der Waals surface area contributed by atoms with E-state index in [0.717, 1.165) is 25.7 Å². The number of hydrogen-bond acceptors (Lipinski definition) is 2. The molecular weight excluding hydrogens is 224 g/mol. The van der Waals surface area contributed by atoms with Crippen molar-refractivity contribution < 1.29 is 5.11 Å². The van der Waals surface area contributed by atoms with Crippen molar-refractivity contribution in [1.82, 2.24) is 9.78 Å². The first-order valence-electron chi connectivity index (χ1n) is 7.26. The molecule has 3 heteroatoms. The maximum atomic E-state index is 9.62. The van der Waals surface area contributed by atoms with E-state index in [1.165, 1.54) is 11.4 Å². The number of aromatic nitrogens is 2. The van der Waals surface area contributed by atoms with Crippen molar-refractivity contribution in [2.24, 2.45) is 0 Å². The van der Waals surface area contributed by atoms with Gasteiger partial charge in [0.25, 0.3) is 0 Å². The van der Waals surface area contributed by atoms with Crippen LogP contribution in [-0.2, 0) is 0 Å². The predicted octanol–water partition coefficient (Wildman–Crippen LogP) is 3.61. The molecular formula is C15H26N2O. The molecule has 0 atom stereocenters. The number of nitrogens with zero attached hydrogens (tertiary/aromatic N) is 2. The van der Waals surface area contributed by atoms with Crippen LogP contribution in [0.2, 0.25) is 0 Å². The van der Waals surface area contributed by atoms with E-state index in [2.05, 4.69) is 38.4 Å². The van der Waals surface area contributed by atoms with Crippen LogP contribution in [0, 0.1) is 0 Å². The van der Waals surface area contributed by atoms with Crippen molar-refractivity contribution in [3.05, 3.63) is 17.5 Å². The third-order valence-corrected chi connectivity index (χ3v) is 3.98. The molecule has 1 fully saturated rings. The van der Waals surface area contributed by atoms with Crippen molar-refractivity contribution >= 4 is 0 Å². The normalized spacial score (nSPS) is 25.1. The van der Waals surface area contributed by atoms with Crippen LogP contribution in [0.25, 0.3) is 0 Å². The van der Waals surface area contributed by atoms with Gasteiger partial charge in [0.2, 0.25) is 0 Å². The molecule has 1 heterocycles. The van der Waals surface area contributed by atoms with E-state index in [1.54, 1.807) is 0 Å². The molecule has 1 N–H and O–H groups in total. The highest BCUT2D eigenvalue weighted by molar-refractivity contribution is 5.17. The van der Waals surface area contributed by atoms with Crippen LogP contribution < -0.4 is 0 Å². The summed E-state index contributed by atoms with van der Waals surface area (Å²) < 4.78 is 2.24. The van der Waals surface area contributed by atoms with E-state index < -0.39 is 0 Å². The minimum atomic E-state index is -0.0936. The Morgan fingerprint density at radius 1 is 1.11 bits per heavy atom. The van der Waals surface area contributed by atoms with Crippen molar-refractivity contribution in [3.8, 4) is 0 Å². The largest absolute Gasteiger partial charge is 0.393 e. The lowest BCUT2D eigenvalue weighted by Crippen LogP contribution is -2.23. The molecule has 0 spiro atoms. The van der Waals surface area contributed by atoms with Gasteiger partial charge in [0, 0.05) is 5.69 Å². The quantitative estimate of drug-likeness (QED) is 0.890. The summed E-state index contributed by atoms with van der Waals surface area (Å²) >= 11 is 0. The maximum Gasteiger partial charge on any atom is 0.0653 e. The van der Waals surface area contributed by atoms with Gasteiger partial charge in [-0.2, -0.15) is 5.10 Å². The maximum absolute atomic E-state index is 9.62. The minimum absolute atomic E-state index is 0.0936. The first-order valence-corrected chi connectivity index (χ1v) is 7.26. The van der Waals surface area contributed by atoms with Crippen LogP contribution in [0.4, 0.5) is 0 Å². The van der Waals surface area contributed by atoms with E-state index in [4.69, 9.17) is 5.10 Å². The highest BCUT2D eigenvalue weighted by Crippen LogP contribution is 2.32. The fourth-order valence-electron chi connectivity index (χ4n) is 2.74. The average Bonchev–Trinajstić information content (AvgIpc) is 2.75. The van der Waals surface area contributed by atoms with E-state index in [1.807, 2.05) is 0 Å². The van der Waals surface area contributed by atoms with Crippen LogP contribution in [-0.4, -0.2) is 21.0 Å². The summed E-state index contributed by atoms with van der Waals surface area (Å²) in [5, 5.41) is 14.4. The van der Waals surface area contributed by atoms with Gasteiger partial charge in [0.15, 0.2) is 0 Å². The zero-order valence-corrected chi connectivity index (χ0v) is 12.1. The number of hydrogen-bond donors (Lipinski definition) is 1. The zero-order chi connectivity index (χ0) is 13.3. The van der Waals surface area contributed by atoms with Crippen molar-refractivity contribution in [2.75, 3.05) is 0 Å². The lowest BCUT2D eigenvalue weighted by Gasteiger charge is -2.27. The predicted molar refractivity (Wildman–Crippen MR) is 73.9 cm³/mol. The third kappa shape index (κ3) is 2.77. The molecule has 0 radical (unpaired) electrons. The highest BCUT2D eigenvalue weighted by atomic mass is 16.3. The second kappa shape index (κ2) is 5.43. The van der Waals surface area contributed by atoms with Gasteiger partial charge in [0.1, 0.15) is 0 Å². The monoisotopic (exact) mass is 250 g/mol. The smallest absolute Gasteiger partial charge is 0.0653 e. The first-order chi connectivity index (χ1) is 8.49. The number of rotatable bonds is 3. The Balaban J connectivity index is 2.25. The van der Waals surface area contributed by atoms with Gasteiger partial charge in [0.05, 0.1) is 17.8 Å². The summed E-state index contributed by atoms with van der Waals surface area (Å²) in [6, 6.07) is 2.75. The van der Waals surface area contributed by atoms with Crippen LogP contribution >= 0.6 is 0 Å². The molecule has 0 unspecified atom stereocenters. The fourth-order valence-corrected chi connectivity index (χ4v) is 2.74.